The molecule has 0 fully saturated rings. The van der Waals surface area contributed by atoms with Crippen molar-refractivity contribution in [3.63, 3.8) is 0 Å². The lowest BCUT2D eigenvalue weighted by Crippen LogP contribution is -2.08. The van der Waals surface area contributed by atoms with Crippen molar-refractivity contribution in [1.29, 1.82) is 0 Å². The molecule has 1 rings (SSSR count). The van der Waals surface area contributed by atoms with Gasteiger partial charge in [-0.2, -0.15) is 5.10 Å². The number of hydrogen-bond acceptors (Lipinski definition) is 4. The van der Waals surface area contributed by atoms with Gasteiger partial charge in [-0.25, -0.2) is 4.99 Å². The molecule has 0 aromatic heterocycles. The summed E-state index contributed by atoms with van der Waals surface area (Å²) in [5.41, 5.74) is 2.17. The van der Waals surface area contributed by atoms with Crippen LogP contribution < -0.4 is 4.90 Å². The van der Waals surface area contributed by atoms with Gasteiger partial charge in [0, 0.05) is 33.9 Å². The average Bonchev–Trinajstić information content (AvgIpc) is 2.42. The maximum atomic E-state index is 4.20. The molecule has 0 spiro atoms. The molecule has 1 aromatic carbocycles. The number of rotatable bonds is 4. The highest BCUT2D eigenvalue weighted by Gasteiger charge is 1.94. The van der Waals surface area contributed by atoms with Crippen molar-refractivity contribution in [2.75, 3.05) is 39.3 Å². The maximum Gasteiger partial charge on any atom is 0.210 e. The van der Waals surface area contributed by atoms with Crippen LogP contribution in [0.1, 0.15) is 5.56 Å². The summed E-state index contributed by atoms with van der Waals surface area (Å²) in [7, 11) is 7.86. The number of thioether (sulfide) groups is 1. The summed E-state index contributed by atoms with van der Waals surface area (Å²) in [6.07, 6.45) is 5.35. The Morgan fingerprint density at radius 1 is 1.10 bits per heavy atom. The Labute approximate surface area is 125 Å². The summed E-state index contributed by atoms with van der Waals surface area (Å²) < 4.78 is 0. The van der Waals surface area contributed by atoms with Gasteiger partial charge in [0.15, 0.2) is 0 Å². The van der Waals surface area contributed by atoms with E-state index in [1.54, 1.807) is 12.6 Å². The van der Waals surface area contributed by atoms with E-state index in [0.29, 0.717) is 5.17 Å². The highest BCUT2D eigenvalue weighted by molar-refractivity contribution is 8.13. The van der Waals surface area contributed by atoms with Crippen molar-refractivity contribution < 1.29 is 0 Å². The van der Waals surface area contributed by atoms with Gasteiger partial charge in [0.25, 0.3) is 0 Å². The third kappa shape index (κ3) is 5.88. The molecular formula is C14H21N5S. The number of amidine groups is 1. The second-order valence-corrected chi connectivity index (χ2v) is 5.30. The first-order valence-corrected chi connectivity index (χ1v) is 7.38. The normalized spacial score (nSPS) is 12.3. The van der Waals surface area contributed by atoms with Gasteiger partial charge in [-0.05, 0) is 24.0 Å². The van der Waals surface area contributed by atoms with Crippen LogP contribution in [0.25, 0.3) is 0 Å². The summed E-state index contributed by atoms with van der Waals surface area (Å²) in [4.78, 5) is 8.12. The SMILES string of the molecule is CSC(N=CN(C)C)=NN=Cc1ccc(N(C)C)cc1. The minimum Gasteiger partial charge on any atom is -0.378 e. The fraction of sp³-hybridized carbons (Fsp3) is 0.357. The minimum atomic E-state index is 0.625. The molecule has 0 unspecified atom stereocenters. The fourth-order valence-electron chi connectivity index (χ4n) is 1.29. The summed E-state index contributed by atoms with van der Waals surface area (Å²) in [5.74, 6) is 0. The quantitative estimate of drug-likeness (QED) is 0.486. The highest BCUT2D eigenvalue weighted by Crippen LogP contribution is 2.11. The molecule has 0 aliphatic rings. The first kappa shape index (κ1) is 16.2. The topological polar surface area (TPSA) is 43.6 Å². The van der Waals surface area contributed by atoms with Crippen molar-refractivity contribution in [2.45, 2.75) is 0 Å². The molecule has 0 heterocycles. The van der Waals surface area contributed by atoms with E-state index in [1.165, 1.54) is 11.8 Å². The van der Waals surface area contributed by atoms with Gasteiger partial charge in [-0.3, -0.25) is 0 Å². The summed E-state index contributed by atoms with van der Waals surface area (Å²) >= 11 is 1.46. The molecule has 0 saturated carbocycles. The highest BCUT2D eigenvalue weighted by atomic mass is 32.2. The molecule has 0 saturated heterocycles. The Kier molecular flexibility index (Phi) is 6.79. The van der Waals surface area contributed by atoms with E-state index < -0.39 is 0 Å². The van der Waals surface area contributed by atoms with Crippen LogP contribution in [0.2, 0.25) is 0 Å². The van der Waals surface area contributed by atoms with Crippen molar-refractivity contribution in [2.24, 2.45) is 15.2 Å². The predicted molar refractivity (Wildman–Crippen MR) is 91.5 cm³/mol. The standard InChI is InChI=1S/C14H21N5S/c1-18(2)11-15-14(20-5)17-16-10-12-6-8-13(9-7-12)19(3)4/h6-11H,1-5H3. The smallest absolute Gasteiger partial charge is 0.210 e. The molecule has 20 heavy (non-hydrogen) atoms. The van der Waals surface area contributed by atoms with Crippen LogP contribution >= 0.6 is 11.8 Å². The zero-order chi connectivity index (χ0) is 15.0. The van der Waals surface area contributed by atoms with Crippen LogP contribution in [0.5, 0.6) is 0 Å². The number of anilines is 1. The molecule has 1 aromatic rings. The van der Waals surface area contributed by atoms with Crippen molar-refractivity contribution >= 4 is 35.2 Å². The van der Waals surface area contributed by atoms with Gasteiger partial charge in [0.05, 0.1) is 12.6 Å². The van der Waals surface area contributed by atoms with E-state index in [0.717, 1.165) is 11.3 Å². The minimum absolute atomic E-state index is 0.625. The van der Waals surface area contributed by atoms with E-state index in [9.17, 15) is 0 Å². The third-order valence-electron chi connectivity index (χ3n) is 2.34. The zero-order valence-corrected chi connectivity index (χ0v) is 13.4. The van der Waals surface area contributed by atoms with E-state index in [1.807, 2.05) is 63.6 Å². The third-order valence-corrected chi connectivity index (χ3v) is 2.89. The van der Waals surface area contributed by atoms with Crippen molar-refractivity contribution in [1.82, 2.24) is 4.90 Å². The van der Waals surface area contributed by atoms with E-state index in [2.05, 4.69) is 20.1 Å². The summed E-state index contributed by atoms with van der Waals surface area (Å²) in [6, 6.07) is 8.11. The predicted octanol–water partition coefficient (Wildman–Crippen LogP) is 2.40. The van der Waals surface area contributed by atoms with Gasteiger partial charge in [-0.1, -0.05) is 23.9 Å². The molecule has 5 nitrogen and oxygen atoms in total. The largest absolute Gasteiger partial charge is 0.378 e. The van der Waals surface area contributed by atoms with Crippen LogP contribution in [0, 0.1) is 0 Å². The maximum absolute atomic E-state index is 4.20. The second-order valence-electron chi connectivity index (χ2n) is 4.53. The Balaban J connectivity index is 2.71. The van der Waals surface area contributed by atoms with E-state index in [-0.39, 0.29) is 0 Å². The summed E-state index contributed by atoms with van der Waals surface area (Å²) in [6.45, 7) is 0. The molecule has 0 aliphatic heterocycles. The van der Waals surface area contributed by atoms with Crippen molar-refractivity contribution in [3.8, 4) is 0 Å². The number of aliphatic imine (C=N–C) groups is 1. The summed E-state index contributed by atoms with van der Waals surface area (Å²) in [5, 5.41) is 8.77. The van der Waals surface area contributed by atoms with Crippen LogP contribution in [-0.4, -0.2) is 57.1 Å². The second kappa shape index (κ2) is 8.37. The first-order chi connectivity index (χ1) is 9.52. The molecule has 108 valence electrons. The van der Waals surface area contributed by atoms with Gasteiger partial charge in [0.2, 0.25) is 5.17 Å². The molecule has 0 radical (unpaired) electrons. The van der Waals surface area contributed by atoms with Gasteiger partial charge >= 0.3 is 0 Å². The van der Waals surface area contributed by atoms with Crippen LogP contribution in [0.3, 0.4) is 0 Å². The van der Waals surface area contributed by atoms with Crippen LogP contribution in [0.15, 0.2) is 39.5 Å². The molecule has 0 aliphatic carbocycles. The zero-order valence-electron chi connectivity index (χ0n) is 12.6. The van der Waals surface area contributed by atoms with Gasteiger partial charge < -0.3 is 9.80 Å². The van der Waals surface area contributed by atoms with Crippen LogP contribution in [0.4, 0.5) is 5.69 Å². The Hall–Kier alpha value is -1.82. The number of benzene rings is 1. The first-order valence-electron chi connectivity index (χ1n) is 6.16. The Morgan fingerprint density at radius 2 is 1.75 bits per heavy atom. The molecule has 0 bridgehead atoms. The molecule has 0 atom stereocenters. The monoisotopic (exact) mass is 291 g/mol. The van der Waals surface area contributed by atoms with E-state index >= 15 is 0 Å². The molecule has 6 heteroatoms. The Bertz CT molecular complexity index is 489. The van der Waals surface area contributed by atoms with Crippen molar-refractivity contribution in [3.05, 3.63) is 29.8 Å². The molecule has 0 amide bonds. The fourth-order valence-corrected chi connectivity index (χ4v) is 1.57. The van der Waals surface area contributed by atoms with Gasteiger partial charge in [-0.15, -0.1) is 5.10 Å². The Morgan fingerprint density at radius 3 is 2.25 bits per heavy atom. The lowest BCUT2D eigenvalue weighted by molar-refractivity contribution is 0.644. The number of nitrogens with zero attached hydrogens (tertiary/aromatic N) is 5. The molecule has 0 N–H and O–H groups in total. The lowest BCUT2D eigenvalue weighted by Gasteiger charge is -2.11. The van der Waals surface area contributed by atoms with Gasteiger partial charge in [0.1, 0.15) is 0 Å². The number of hydrogen-bond donors (Lipinski definition) is 0. The lowest BCUT2D eigenvalue weighted by atomic mass is 10.2. The van der Waals surface area contributed by atoms with Crippen LogP contribution in [-0.2, 0) is 0 Å². The molecular weight excluding hydrogens is 270 g/mol. The van der Waals surface area contributed by atoms with E-state index in [4.69, 9.17) is 0 Å². The average molecular weight is 291 g/mol.